The summed E-state index contributed by atoms with van der Waals surface area (Å²) in [6.07, 6.45) is 3.48. The zero-order valence-corrected chi connectivity index (χ0v) is 17.7. The highest BCUT2D eigenvalue weighted by molar-refractivity contribution is 7.17. The van der Waals surface area contributed by atoms with Crippen molar-refractivity contribution in [2.75, 3.05) is 36.5 Å². The third-order valence-corrected chi connectivity index (χ3v) is 6.24. The number of pyridine rings is 1. The van der Waals surface area contributed by atoms with E-state index < -0.39 is 0 Å². The molecule has 0 radical (unpaired) electrons. The summed E-state index contributed by atoms with van der Waals surface area (Å²) in [4.78, 5) is 17.0. The van der Waals surface area contributed by atoms with E-state index in [1.165, 1.54) is 11.1 Å². The van der Waals surface area contributed by atoms with Gasteiger partial charge in [-0.2, -0.15) is 0 Å². The van der Waals surface area contributed by atoms with Crippen molar-refractivity contribution in [3.8, 4) is 11.1 Å². The molecular weight excluding hydrogens is 394 g/mol. The molecule has 7 heteroatoms. The monoisotopic (exact) mass is 417 g/mol. The highest BCUT2D eigenvalue weighted by Gasteiger charge is 2.17. The number of nitrogens with one attached hydrogen (secondary N) is 1. The second kappa shape index (κ2) is 8.38. The summed E-state index contributed by atoms with van der Waals surface area (Å²) in [5.41, 5.74) is 4.75. The van der Waals surface area contributed by atoms with E-state index in [1.54, 1.807) is 17.7 Å². The third kappa shape index (κ3) is 3.74. The molecule has 1 N–H and O–H groups in total. The van der Waals surface area contributed by atoms with Gasteiger partial charge in [-0.15, -0.1) is 11.3 Å². The van der Waals surface area contributed by atoms with Gasteiger partial charge in [0.2, 0.25) is 0 Å². The minimum atomic E-state index is 0.649. The Morgan fingerprint density at radius 3 is 2.73 bits per heavy atom. The Balaban J connectivity index is 1.46. The summed E-state index contributed by atoms with van der Waals surface area (Å²) in [6, 6.07) is 12.7. The molecule has 152 valence electrons. The smallest absolute Gasteiger partial charge is 0.139 e. The van der Waals surface area contributed by atoms with Crippen molar-refractivity contribution in [1.82, 2.24) is 15.0 Å². The molecule has 0 atom stereocenters. The van der Waals surface area contributed by atoms with Crippen LogP contribution in [0.25, 0.3) is 21.3 Å². The summed E-state index contributed by atoms with van der Waals surface area (Å²) in [6.45, 7) is 5.96. The lowest BCUT2D eigenvalue weighted by atomic mass is 10.0. The van der Waals surface area contributed by atoms with Crippen LogP contribution in [0.1, 0.15) is 11.1 Å². The molecule has 4 heterocycles. The average molecular weight is 418 g/mol. The summed E-state index contributed by atoms with van der Waals surface area (Å²) in [7, 11) is 0. The highest BCUT2D eigenvalue weighted by Crippen LogP contribution is 2.36. The Labute approximate surface area is 179 Å². The molecular formula is C23H23N5OS. The number of fused-ring (bicyclic) bond motifs is 1. The van der Waals surface area contributed by atoms with Gasteiger partial charge in [0.1, 0.15) is 22.8 Å². The van der Waals surface area contributed by atoms with Gasteiger partial charge < -0.3 is 15.0 Å². The topological polar surface area (TPSA) is 63.2 Å². The number of rotatable bonds is 5. The maximum atomic E-state index is 5.49. The Kier molecular flexibility index (Phi) is 5.29. The van der Waals surface area contributed by atoms with E-state index in [9.17, 15) is 0 Å². The number of thiophene rings is 1. The minimum absolute atomic E-state index is 0.649. The second-order valence-electron chi connectivity index (χ2n) is 7.36. The zero-order chi connectivity index (χ0) is 20.3. The van der Waals surface area contributed by atoms with Crippen molar-refractivity contribution in [3.05, 3.63) is 65.4 Å². The van der Waals surface area contributed by atoms with E-state index >= 15 is 0 Å². The van der Waals surface area contributed by atoms with Crippen LogP contribution in [0.3, 0.4) is 0 Å². The average Bonchev–Trinajstić information content (AvgIpc) is 3.24. The van der Waals surface area contributed by atoms with Crippen LogP contribution in [0.15, 0.2) is 54.3 Å². The minimum Gasteiger partial charge on any atom is -0.378 e. The maximum Gasteiger partial charge on any atom is 0.139 e. The number of benzene rings is 1. The Morgan fingerprint density at radius 2 is 1.90 bits per heavy atom. The van der Waals surface area contributed by atoms with E-state index in [-0.39, 0.29) is 0 Å². The number of hydrogen-bond acceptors (Lipinski definition) is 7. The predicted octanol–water partition coefficient (Wildman–Crippen LogP) is 4.51. The van der Waals surface area contributed by atoms with Crippen LogP contribution < -0.4 is 10.2 Å². The van der Waals surface area contributed by atoms with Gasteiger partial charge in [0.05, 0.1) is 18.6 Å². The second-order valence-corrected chi connectivity index (χ2v) is 8.22. The molecule has 0 aliphatic carbocycles. The maximum absolute atomic E-state index is 5.49. The molecule has 0 saturated carbocycles. The molecule has 0 bridgehead atoms. The molecule has 0 amide bonds. The van der Waals surface area contributed by atoms with Crippen molar-refractivity contribution in [1.29, 1.82) is 0 Å². The van der Waals surface area contributed by atoms with Crippen LogP contribution in [-0.2, 0) is 11.3 Å². The number of nitrogens with zero attached hydrogens (tertiary/aromatic N) is 4. The van der Waals surface area contributed by atoms with Crippen LogP contribution >= 0.6 is 11.3 Å². The van der Waals surface area contributed by atoms with Gasteiger partial charge in [-0.05, 0) is 18.6 Å². The van der Waals surface area contributed by atoms with E-state index in [2.05, 4.69) is 67.8 Å². The zero-order valence-electron chi connectivity index (χ0n) is 16.8. The Morgan fingerprint density at radius 1 is 1.07 bits per heavy atom. The Bertz CT molecular complexity index is 1150. The third-order valence-electron chi connectivity index (χ3n) is 5.36. The standard InChI is InChI=1S/C23H23N5OS/c1-16-4-6-17(7-5-16)19-14-30-23-20(19)21(26-15-27-23)25-13-18-3-2-8-24-22(18)28-9-11-29-12-10-28/h2-8,14-15H,9-13H2,1H3,(H,25,26,27). The molecule has 30 heavy (non-hydrogen) atoms. The Hall–Kier alpha value is -3.03. The largest absolute Gasteiger partial charge is 0.378 e. The van der Waals surface area contributed by atoms with Crippen molar-refractivity contribution in [3.63, 3.8) is 0 Å². The van der Waals surface area contributed by atoms with Crippen LogP contribution in [0, 0.1) is 6.92 Å². The van der Waals surface area contributed by atoms with Gasteiger partial charge >= 0.3 is 0 Å². The summed E-state index contributed by atoms with van der Waals surface area (Å²) < 4.78 is 5.49. The number of aryl methyl sites for hydroxylation is 1. The van der Waals surface area contributed by atoms with E-state index in [1.807, 2.05) is 12.3 Å². The molecule has 1 aliphatic heterocycles. The number of ether oxygens (including phenoxy) is 1. The van der Waals surface area contributed by atoms with Crippen molar-refractivity contribution in [2.24, 2.45) is 0 Å². The van der Waals surface area contributed by atoms with Gasteiger partial charge in [0.15, 0.2) is 0 Å². The summed E-state index contributed by atoms with van der Waals surface area (Å²) >= 11 is 1.65. The fourth-order valence-corrected chi connectivity index (χ4v) is 4.68. The molecule has 4 aromatic rings. The molecule has 1 aliphatic rings. The van der Waals surface area contributed by atoms with Crippen LogP contribution in [0.4, 0.5) is 11.6 Å². The van der Waals surface area contributed by atoms with E-state index in [0.29, 0.717) is 6.54 Å². The van der Waals surface area contributed by atoms with Crippen LogP contribution in [0.5, 0.6) is 0 Å². The molecule has 0 spiro atoms. The van der Waals surface area contributed by atoms with Crippen LogP contribution in [0.2, 0.25) is 0 Å². The van der Waals surface area contributed by atoms with Gasteiger partial charge in [0, 0.05) is 42.3 Å². The predicted molar refractivity (Wildman–Crippen MR) is 122 cm³/mol. The van der Waals surface area contributed by atoms with Gasteiger partial charge in [-0.1, -0.05) is 35.9 Å². The highest BCUT2D eigenvalue weighted by atomic mass is 32.1. The molecule has 6 nitrogen and oxygen atoms in total. The van der Waals surface area contributed by atoms with E-state index in [4.69, 9.17) is 4.74 Å². The number of hydrogen-bond donors (Lipinski definition) is 1. The quantitative estimate of drug-likeness (QED) is 0.515. The number of morpholine rings is 1. The molecule has 0 unspecified atom stereocenters. The van der Waals surface area contributed by atoms with Crippen molar-refractivity contribution < 1.29 is 4.74 Å². The molecule has 1 fully saturated rings. The fourth-order valence-electron chi connectivity index (χ4n) is 3.76. The van der Waals surface area contributed by atoms with Crippen LogP contribution in [-0.4, -0.2) is 41.3 Å². The normalized spacial score (nSPS) is 14.2. The lowest BCUT2D eigenvalue weighted by Gasteiger charge is -2.29. The van der Waals surface area contributed by atoms with Gasteiger partial charge in [-0.25, -0.2) is 15.0 Å². The number of aromatic nitrogens is 3. The molecule has 3 aromatic heterocycles. The van der Waals surface area contributed by atoms with E-state index in [0.717, 1.165) is 59.3 Å². The molecule has 1 aromatic carbocycles. The first-order chi connectivity index (χ1) is 14.8. The lowest BCUT2D eigenvalue weighted by molar-refractivity contribution is 0.122. The summed E-state index contributed by atoms with van der Waals surface area (Å²) in [5, 5.41) is 6.79. The molecule has 5 rings (SSSR count). The first-order valence-corrected chi connectivity index (χ1v) is 11.0. The molecule has 1 saturated heterocycles. The van der Waals surface area contributed by atoms with Crippen molar-refractivity contribution in [2.45, 2.75) is 13.5 Å². The first-order valence-electron chi connectivity index (χ1n) is 10.1. The SMILES string of the molecule is Cc1ccc(-c2csc3ncnc(NCc4cccnc4N4CCOCC4)c23)cc1. The van der Waals surface area contributed by atoms with Crippen molar-refractivity contribution >= 4 is 33.2 Å². The summed E-state index contributed by atoms with van der Waals surface area (Å²) in [5.74, 6) is 1.87. The van der Waals surface area contributed by atoms with Gasteiger partial charge in [0.25, 0.3) is 0 Å². The first kappa shape index (κ1) is 19.0. The van der Waals surface area contributed by atoms with Gasteiger partial charge in [-0.3, -0.25) is 0 Å². The fraction of sp³-hybridized carbons (Fsp3) is 0.261. The number of anilines is 2. The lowest BCUT2D eigenvalue weighted by Crippen LogP contribution is -2.37.